The molecule has 1 heterocycles. The Morgan fingerprint density at radius 3 is 2.83 bits per heavy atom. The molecule has 1 unspecified atom stereocenters. The molecule has 5 heteroatoms. The number of hydrogen-bond donors (Lipinski definition) is 1. The smallest absolute Gasteiger partial charge is 0.407 e. The number of amides is 2. The number of benzene rings is 1. The quantitative estimate of drug-likeness (QED) is 0.882. The molecule has 96 valence electrons. The SMILES string of the molecule is CCOC(=O)NC1CC(=O)N(c2ccccc2)C1. The van der Waals surface area contributed by atoms with Gasteiger partial charge in [0.2, 0.25) is 5.91 Å². The first-order chi connectivity index (χ1) is 8.70. The van der Waals surface area contributed by atoms with Crippen LogP contribution in [0.25, 0.3) is 0 Å². The van der Waals surface area contributed by atoms with Crippen LogP contribution in [0.1, 0.15) is 13.3 Å². The highest BCUT2D eigenvalue weighted by Gasteiger charge is 2.31. The van der Waals surface area contributed by atoms with Crippen molar-refractivity contribution < 1.29 is 14.3 Å². The summed E-state index contributed by atoms with van der Waals surface area (Å²) in [4.78, 5) is 24.8. The predicted molar refractivity (Wildman–Crippen MR) is 67.4 cm³/mol. The number of anilines is 1. The molecule has 0 spiro atoms. The lowest BCUT2D eigenvalue weighted by molar-refractivity contribution is -0.117. The van der Waals surface area contributed by atoms with Crippen LogP contribution >= 0.6 is 0 Å². The molecular formula is C13H16N2O3. The van der Waals surface area contributed by atoms with Crippen molar-refractivity contribution in [3.63, 3.8) is 0 Å². The third-order valence-electron chi connectivity index (χ3n) is 2.79. The van der Waals surface area contributed by atoms with Crippen LogP contribution in [-0.2, 0) is 9.53 Å². The van der Waals surface area contributed by atoms with Crippen molar-refractivity contribution >= 4 is 17.7 Å². The van der Waals surface area contributed by atoms with Crippen molar-refractivity contribution in [2.45, 2.75) is 19.4 Å². The number of hydrogen-bond acceptors (Lipinski definition) is 3. The molecule has 1 atom stereocenters. The van der Waals surface area contributed by atoms with Crippen LogP contribution in [0, 0.1) is 0 Å². The topological polar surface area (TPSA) is 58.6 Å². The summed E-state index contributed by atoms with van der Waals surface area (Å²) in [6.07, 6.45) is -0.154. The third-order valence-corrected chi connectivity index (χ3v) is 2.79. The third kappa shape index (κ3) is 2.80. The molecule has 0 radical (unpaired) electrons. The fraction of sp³-hybridized carbons (Fsp3) is 0.385. The fourth-order valence-corrected chi connectivity index (χ4v) is 2.00. The Hall–Kier alpha value is -2.04. The van der Waals surface area contributed by atoms with E-state index in [-0.39, 0.29) is 11.9 Å². The molecule has 1 aromatic carbocycles. The number of nitrogens with zero attached hydrogens (tertiary/aromatic N) is 1. The van der Waals surface area contributed by atoms with E-state index in [4.69, 9.17) is 4.74 Å². The van der Waals surface area contributed by atoms with E-state index in [0.29, 0.717) is 19.6 Å². The highest BCUT2D eigenvalue weighted by molar-refractivity contribution is 5.96. The highest BCUT2D eigenvalue weighted by atomic mass is 16.5. The number of rotatable bonds is 3. The Labute approximate surface area is 106 Å². The Bertz CT molecular complexity index is 433. The minimum absolute atomic E-state index is 0.0167. The van der Waals surface area contributed by atoms with Gasteiger partial charge in [-0.1, -0.05) is 18.2 Å². The summed E-state index contributed by atoms with van der Waals surface area (Å²) in [6.45, 7) is 2.56. The average Bonchev–Trinajstić information content (AvgIpc) is 2.71. The minimum atomic E-state index is -0.467. The maximum absolute atomic E-state index is 11.9. The van der Waals surface area contributed by atoms with Gasteiger partial charge in [0.15, 0.2) is 0 Å². The van der Waals surface area contributed by atoms with Gasteiger partial charge in [-0.2, -0.15) is 0 Å². The van der Waals surface area contributed by atoms with Crippen LogP contribution in [0.5, 0.6) is 0 Å². The molecular weight excluding hydrogens is 232 g/mol. The molecule has 5 nitrogen and oxygen atoms in total. The Morgan fingerprint density at radius 2 is 2.17 bits per heavy atom. The summed E-state index contributed by atoms with van der Waals surface area (Å²) in [7, 11) is 0. The largest absolute Gasteiger partial charge is 0.450 e. The van der Waals surface area contributed by atoms with E-state index < -0.39 is 6.09 Å². The van der Waals surface area contributed by atoms with Gasteiger partial charge in [0.05, 0.1) is 12.6 Å². The first-order valence-electron chi connectivity index (χ1n) is 5.99. The lowest BCUT2D eigenvalue weighted by Gasteiger charge is -2.16. The van der Waals surface area contributed by atoms with Gasteiger partial charge in [-0.15, -0.1) is 0 Å². The first kappa shape index (κ1) is 12.4. The van der Waals surface area contributed by atoms with E-state index in [1.165, 1.54) is 0 Å². The molecule has 1 N–H and O–H groups in total. The summed E-state index contributed by atoms with van der Waals surface area (Å²) in [6, 6.07) is 9.24. The lowest BCUT2D eigenvalue weighted by Crippen LogP contribution is -2.37. The van der Waals surface area contributed by atoms with Crippen molar-refractivity contribution in [2.75, 3.05) is 18.1 Å². The van der Waals surface area contributed by atoms with Gasteiger partial charge in [0, 0.05) is 18.7 Å². The summed E-state index contributed by atoms with van der Waals surface area (Å²) in [5.41, 5.74) is 0.857. The van der Waals surface area contributed by atoms with Gasteiger partial charge in [0.1, 0.15) is 0 Å². The molecule has 0 bridgehead atoms. The van der Waals surface area contributed by atoms with Gasteiger partial charge < -0.3 is 15.0 Å². The normalized spacial score (nSPS) is 18.8. The molecule has 18 heavy (non-hydrogen) atoms. The maximum atomic E-state index is 11.9. The van der Waals surface area contributed by atoms with Crippen molar-refractivity contribution in [3.8, 4) is 0 Å². The van der Waals surface area contributed by atoms with E-state index in [1.54, 1.807) is 11.8 Å². The van der Waals surface area contributed by atoms with Crippen LogP contribution < -0.4 is 10.2 Å². The molecule has 1 aliphatic rings. The molecule has 0 aliphatic carbocycles. The lowest BCUT2D eigenvalue weighted by atomic mass is 10.3. The number of carbonyl (C=O) groups is 2. The van der Waals surface area contributed by atoms with E-state index in [2.05, 4.69) is 5.32 Å². The number of carbonyl (C=O) groups excluding carboxylic acids is 2. The molecule has 1 aromatic rings. The predicted octanol–water partition coefficient (Wildman–Crippen LogP) is 1.54. The second-order valence-corrected chi connectivity index (χ2v) is 4.11. The van der Waals surface area contributed by atoms with Crippen LogP contribution in [-0.4, -0.2) is 31.2 Å². The summed E-state index contributed by atoms with van der Waals surface area (Å²) >= 11 is 0. The van der Waals surface area contributed by atoms with Gasteiger partial charge in [0.25, 0.3) is 0 Å². The van der Waals surface area contributed by atoms with Crippen LogP contribution in [0.3, 0.4) is 0 Å². The van der Waals surface area contributed by atoms with Gasteiger partial charge in [-0.25, -0.2) is 4.79 Å². The standard InChI is InChI=1S/C13H16N2O3/c1-2-18-13(17)14-10-8-12(16)15(9-10)11-6-4-3-5-7-11/h3-7,10H,2,8-9H2,1H3,(H,14,17). The zero-order chi connectivity index (χ0) is 13.0. The fourth-order valence-electron chi connectivity index (χ4n) is 2.00. The van der Waals surface area contributed by atoms with Gasteiger partial charge >= 0.3 is 6.09 Å². The highest BCUT2D eigenvalue weighted by Crippen LogP contribution is 2.20. The number of nitrogens with one attached hydrogen (secondary N) is 1. The zero-order valence-corrected chi connectivity index (χ0v) is 10.3. The number of alkyl carbamates (subject to hydrolysis) is 1. The second-order valence-electron chi connectivity index (χ2n) is 4.11. The van der Waals surface area contributed by atoms with Crippen LogP contribution in [0.4, 0.5) is 10.5 Å². The van der Waals surface area contributed by atoms with E-state index in [9.17, 15) is 9.59 Å². The van der Waals surface area contributed by atoms with E-state index in [0.717, 1.165) is 5.69 Å². The molecule has 2 amide bonds. The van der Waals surface area contributed by atoms with Crippen molar-refractivity contribution in [3.05, 3.63) is 30.3 Å². The molecule has 1 fully saturated rings. The zero-order valence-electron chi connectivity index (χ0n) is 10.3. The van der Waals surface area contributed by atoms with Crippen molar-refractivity contribution in [1.29, 1.82) is 0 Å². The van der Waals surface area contributed by atoms with Crippen molar-refractivity contribution in [2.24, 2.45) is 0 Å². The molecule has 0 aromatic heterocycles. The van der Waals surface area contributed by atoms with Crippen LogP contribution in [0.2, 0.25) is 0 Å². The van der Waals surface area contributed by atoms with E-state index >= 15 is 0 Å². The molecule has 0 saturated carbocycles. The molecule has 2 rings (SSSR count). The number of ether oxygens (including phenoxy) is 1. The molecule has 1 aliphatic heterocycles. The maximum Gasteiger partial charge on any atom is 0.407 e. The monoisotopic (exact) mass is 248 g/mol. The Balaban J connectivity index is 1.97. The van der Waals surface area contributed by atoms with Gasteiger partial charge in [-0.3, -0.25) is 4.79 Å². The Morgan fingerprint density at radius 1 is 1.44 bits per heavy atom. The summed E-state index contributed by atoms with van der Waals surface area (Å²) in [5.74, 6) is 0.0167. The summed E-state index contributed by atoms with van der Waals surface area (Å²) < 4.78 is 4.80. The van der Waals surface area contributed by atoms with E-state index in [1.807, 2.05) is 30.3 Å². The van der Waals surface area contributed by atoms with Crippen LogP contribution in [0.15, 0.2) is 30.3 Å². The summed E-state index contributed by atoms with van der Waals surface area (Å²) in [5, 5.41) is 2.69. The molecule has 1 saturated heterocycles. The van der Waals surface area contributed by atoms with Crippen molar-refractivity contribution in [1.82, 2.24) is 5.32 Å². The average molecular weight is 248 g/mol. The first-order valence-corrected chi connectivity index (χ1v) is 5.99. The minimum Gasteiger partial charge on any atom is -0.450 e. The second kappa shape index (κ2) is 5.53. The number of para-hydroxylation sites is 1. The van der Waals surface area contributed by atoms with Gasteiger partial charge in [-0.05, 0) is 19.1 Å². The Kier molecular flexibility index (Phi) is 3.82.